The van der Waals surface area contributed by atoms with Crippen LogP contribution in [0.3, 0.4) is 0 Å². The first-order chi connectivity index (χ1) is 9.70. The smallest absolute Gasteiger partial charge is 0.339 e. The largest absolute Gasteiger partial charge is 0.492 e. The van der Waals surface area contributed by atoms with Gasteiger partial charge in [-0.05, 0) is 43.7 Å². The average Bonchev–Trinajstić information content (AvgIpc) is 2.46. The lowest BCUT2D eigenvalue weighted by atomic mass is 9.91. The van der Waals surface area contributed by atoms with Gasteiger partial charge in [0, 0.05) is 17.0 Å². The first kappa shape index (κ1) is 13.5. The van der Waals surface area contributed by atoms with E-state index in [1.807, 2.05) is 13.0 Å². The van der Waals surface area contributed by atoms with Gasteiger partial charge in [0.25, 0.3) is 0 Å². The molecular weight excluding hydrogens is 276 g/mol. The molecule has 1 heterocycles. The van der Waals surface area contributed by atoms with Gasteiger partial charge in [-0.1, -0.05) is 18.5 Å². The maximum Gasteiger partial charge on any atom is 0.339 e. The fourth-order valence-electron chi connectivity index (χ4n) is 2.77. The van der Waals surface area contributed by atoms with Gasteiger partial charge in [0.15, 0.2) is 0 Å². The van der Waals surface area contributed by atoms with E-state index in [2.05, 4.69) is 0 Å². The number of fused-ring (bicyclic) bond motifs is 3. The minimum atomic E-state index is -0.212. The lowest BCUT2D eigenvalue weighted by Crippen LogP contribution is -2.15. The Morgan fingerprint density at radius 2 is 2.00 bits per heavy atom. The summed E-state index contributed by atoms with van der Waals surface area (Å²) in [6.07, 6.45) is 4.79. The van der Waals surface area contributed by atoms with Gasteiger partial charge in [0.1, 0.15) is 11.3 Å². The molecular formula is C16H17ClO3. The highest BCUT2D eigenvalue weighted by atomic mass is 35.5. The second-order valence-electron chi connectivity index (χ2n) is 5.18. The predicted octanol–water partition coefficient (Wildman–Crippen LogP) is 4.11. The van der Waals surface area contributed by atoms with Crippen LogP contribution in [0.1, 0.15) is 37.3 Å². The summed E-state index contributed by atoms with van der Waals surface area (Å²) < 4.78 is 11.0. The highest BCUT2D eigenvalue weighted by Gasteiger charge is 2.19. The monoisotopic (exact) mass is 292 g/mol. The van der Waals surface area contributed by atoms with Crippen LogP contribution in [0.5, 0.6) is 5.75 Å². The molecule has 20 heavy (non-hydrogen) atoms. The molecule has 3 rings (SSSR count). The number of hydrogen-bond acceptors (Lipinski definition) is 3. The molecule has 1 aromatic carbocycles. The minimum Gasteiger partial charge on any atom is -0.492 e. The zero-order valence-electron chi connectivity index (χ0n) is 11.5. The second-order valence-corrected chi connectivity index (χ2v) is 5.59. The molecule has 0 saturated carbocycles. The van der Waals surface area contributed by atoms with Crippen molar-refractivity contribution in [1.29, 1.82) is 0 Å². The van der Waals surface area contributed by atoms with Crippen molar-refractivity contribution >= 4 is 22.6 Å². The predicted molar refractivity (Wildman–Crippen MR) is 79.9 cm³/mol. The van der Waals surface area contributed by atoms with Crippen LogP contribution in [0.15, 0.2) is 21.3 Å². The lowest BCUT2D eigenvalue weighted by Gasteiger charge is -2.17. The highest BCUT2D eigenvalue weighted by Crippen LogP contribution is 2.34. The summed E-state index contributed by atoms with van der Waals surface area (Å²) in [4.78, 5) is 12.0. The molecule has 0 spiro atoms. The zero-order chi connectivity index (χ0) is 14.1. The summed E-state index contributed by atoms with van der Waals surface area (Å²) in [7, 11) is 0. The molecule has 0 saturated heterocycles. The molecule has 1 aliphatic rings. The summed E-state index contributed by atoms with van der Waals surface area (Å²) in [6.45, 7) is 2.63. The topological polar surface area (TPSA) is 39.4 Å². The summed E-state index contributed by atoms with van der Waals surface area (Å²) in [6, 6.07) is 3.61. The van der Waals surface area contributed by atoms with E-state index in [0.29, 0.717) is 23.0 Å². The van der Waals surface area contributed by atoms with Crippen LogP contribution in [0.2, 0.25) is 5.02 Å². The van der Waals surface area contributed by atoms with Gasteiger partial charge >= 0.3 is 5.63 Å². The minimum absolute atomic E-state index is 0.212. The van der Waals surface area contributed by atoms with Crippen molar-refractivity contribution in [3.63, 3.8) is 0 Å². The third kappa shape index (κ3) is 2.31. The molecule has 0 amide bonds. The fraction of sp³-hybridized carbons (Fsp3) is 0.438. The van der Waals surface area contributed by atoms with Crippen LogP contribution in [0.4, 0.5) is 0 Å². The Morgan fingerprint density at radius 1 is 1.25 bits per heavy atom. The van der Waals surface area contributed by atoms with Crippen molar-refractivity contribution < 1.29 is 9.15 Å². The molecule has 0 radical (unpaired) electrons. The van der Waals surface area contributed by atoms with Crippen molar-refractivity contribution in [1.82, 2.24) is 0 Å². The standard InChI is InChI=1S/C16H17ClO3/c1-2-7-19-15-9-14-12(8-13(15)17)10-5-3-4-6-11(10)16(18)20-14/h8-9H,2-7H2,1H3. The number of ether oxygens (including phenoxy) is 1. The maximum absolute atomic E-state index is 12.0. The summed E-state index contributed by atoms with van der Waals surface area (Å²) in [5.74, 6) is 0.583. The second kappa shape index (κ2) is 5.49. The van der Waals surface area contributed by atoms with Gasteiger partial charge in [-0.3, -0.25) is 0 Å². The molecule has 0 N–H and O–H groups in total. The van der Waals surface area contributed by atoms with E-state index < -0.39 is 0 Å². The lowest BCUT2D eigenvalue weighted by molar-refractivity contribution is 0.317. The highest BCUT2D eigenvalue weighted by molar-refractivity contribution is 6.32. The van der Waals surface area contributed by atoms with E-state index in [9.17, 15) is 4.79 Å². The van der Waals surface area contributed by atoms with E-state index in [-0.39, 0.29) is 5.63 Å². The maximum atomic E-state index is 12.0. The Kier molecular flexibility index (Phi) is 3.70. The summed E-state index contributed by atoms with van der Waals surface area (Å²) >= 11 is 6.28. The molecule has 0 atom stereocenters. The van der Waals surface area contributed by atoms with Gasteiger partial charge < -0.3 is 9.15 Å². The summed E-state index contributed by atoms with van der Waals surface area (Å²) in [5, 5.41) is 1.53. The van der Waals surface area contributed by atoms with Crippen LogP contribution < -0.4 is 10.4 Å². The van der Waals surface area contributed by atoms with E-state index >= 15 is 0 Å². The number of benzene rings is 1. The van der Waals surface area contributed by atoms with E-state index in [1.165, 1.54) is 0 Å². The van der Waals surface area contributed by atoms with E-state index in [1.54, 1.807) is 6.07 Å². The molecule has 2 aromatic rings. The van der Waals surface area contributed by atoms with Crippen molar-refractivity contribution in [2.45, 2.75) is 39.0 Å². The molecule has 3 nitrogen and oxygen atoms in total. The van der Waals surface area contributed by atoms with Crippen molar-refractivity contribution in [2.75, 3.05) is 6.61 Å². The number of aryl methyl sites for hydroxylation is 1. The van der Waals surface area contributed by atoms with Crippen molar-refractivity contribution in [3.8, 4) is 5.75 Å². The van der Waals surface area contributed by atoms with Crippen molar-refractivity contribution in [2.24, 2.45) is 0 Å². The molecule has 0 unspecified atom stereocenters. The van der Waals surface area contributed by atoms with E-state index in [0.717, 1.165) is 48.6 Å². The van der Waals surface area contributed by atoms with Crippen LogP contribution in [-0.2, 0) is 12.8 Å². The molecule has 106 valence electrons. The van der Waals surface area contributed by atoms with Gasteiger partial charge in [0.05, 0.1) is 11.6 Å². The number of rotatable bonds is 3. The quantitative estimate of drug-likeness (QED) is 0.799. The molecule has 0 bridgehead atoms. The first-order valence-electron chi connectivity index (χ1n) is 7.11. The van der Waals surface area contributed by atoms with E-state index in [4.69, 9.17) is 20.8 Å². The van der Waals surface area contributed by atoms with Gasteiger partial charge in [-0.25, -0.2) is 4.79 Å². The van der Waals surface area contributed by atoms with Gasteiger partial charge in [-0.15, -0.1) is 0 Å². The SMILES string of the molecule is CCCOc1cc2oc(=O)c3c(c2cc1Cl)CCCC3. The molecule has 0 fully saturated rings. The molecule has 4 heteroatoms. The normalized spacial score (nSPS) is 14.3. The van der Waals surface area contributed by atoms with Crippen molar-refractivity contribution in [3.05, 3.63) is 38.7 Å². The van der Waals surface area contributed by atoms with Gasteiger partial charge in [0.2, 0.25) is 0 Å². The number of hydrogen-bond donors (Lipinski definition) is 0. The Balaban J connectivity index is 2.19. The number of halogens is 1. The third-order valence-electron chi connectivity index (χ3n) is 3.74. The van der Waals surface area contributed by atoms with Crippen LogP contribution >= 0.6 is 11.6 Å². The Morgan fingerprint density at radius 3 is 2.75 bits per heavy atom. The van der Waals surface area contributed by atoms with Gasteiger partial charge in [-0.2, -0.15) is 0 Å². The molecule has 1 aliphatic carbocycles. The van der Waals surface area contributed by atoms with Crippen LogP contribution in [-0.4, -0.2) is 6.61 Å². The Hall–Kier alpha value is -1.48. The fourth-order valence-corrected chi connectivity index (χ4v) is 2.99. The molecule has 0 aliphatic heterocycles. The first-order valence-corrected chi connectivity index (χ1v) is 7.49. The van der Waals surface area contributed by atoms with Crippen LogP contribution in [0.25, 0.3) is 11.0 Å². The Bertz CT molecular complexity index is 703. The Labute approximate surface area is 122 Å². The average molecular weight is 293 g/mol. The third-order valence-corrected chi connectivity index (χ3v) is 4.03. The molecule has 1 aromatic heterocycles. The van der Waals surface area contributed by atoms with Crippen LogP contribution in [0, 0.1) is 0 Å². The summed E-state index contributed by atoms with van der Waals surface area (Å²) in [5.41, 5.74) is 2.29. The zero-order valence-corrected chi connectivity index (χ0v) is 12.3.